The Balaban J connectivity index is 1.96. The van der Waals surface area contributed by atoms with E-state index in [1.807, 2.05) is 45.9 Å². The van der Waals surface area contributed by atoms with Crippen LogP contribution in [-0.2, 0) is 22.1 Å². The normalized spacial score (nSPS) is 11.8. The second-order valence-corrected chi connectivity index (χ2v) is 11.1. The molecule has 176 valence electrons. The summed E-state index contributed by atoms with van der Waals surface area (Å²) in [5.74, 6) is -0.0908. The van der Waals surface area contributed by atoms with Gasteiger partial charge in [0.1, 0.15) is 0 Å². The van der Waals surface area contributed by atoms with Gasteiger partial charge in [-0.3, -0.25) is 4.79 Å². The van der Waals surface area contributed by atoms with Crippen LogP contribution in [0.5, 0.6) is 0 Å². The van der Waals surface area contributed by atoms with Gasteiger partial charge in [-0.2, -0.15) is 0 Å². The molecule has 0 radical (unpaired) electrons. The Morgan fingerprint density at radius 2 is 1.67 bits per heavy atom. The fraction of sp³-hybridized carbons (Fsp3) is 0.360. The lowest BCUT2D eigenvalue weighted by molar-refractivity contribution is 0.0717. The van der Waals surface area contributed by atoms with E-state index in [-0.39, 0.29) is 35.3 Å². The van der Waals surface area contributed by atoms with E-state index in [2.05, 4.69) is 4.98 Å². The molecule has 0 spiro atoms. The number of halogens is 1. The third kappa shape index (κ3) is 6.03. The zero-order valence-electron chi connectivity index (χ0n) is 19.4. The molecule has 3 rings (SSSR count). The zero-order valence-corrected chi connectivity index (χ0v) is 21.0. The molecule has 0 aliphatic rings. The van der Waals surface area contributed by atoms with Gasteiger partial charge >= 0.3 is 0 Å². The van der Waals surface area contributed by atoms with Crippen LogP contribution in [0.1, 0.15) is 55.4 Å². The number of carbonyl (C=O) groups is 1. The lowest BCUT2D eigenvalue weighted by atomic mass is 10.1. The topological polar surface area (TPSA) is 72.3 Å². The largest absolute Gasteiger partial charge is 0.333 e. The van der Waals surface area contributed by atoms with E-state index < -0.39 is 9.84 Å². The Hall–Kier alpha value is -2.64. The van der Waals surface area contributed by atoms with Gasteiger partial charge in [0.2, 0.25) is 15.0 Å². The standard InChI is InChI=1S/C25H30ClN3O3S/c1-18(2)15-28(24(30)20-10-6-5-7-11-20)16-22-14-27-25(29(22)19(3)4)33(31,32)17-21-12-8-9-13-23(21)26/h5-14,18-19H,15-17H2,1-4H3. The number of imidazole rings is 1. The third-order valence-electron chi connectivity index (χ3n) is 5.18. The first kappa shape index (κ1) is 25.0. The third-order valence-corrected chi connectivity index (χ3v) is 7.10. The Labute approximate surface area is 201 Å². The number of hydrogen-bond donors (Lipinski definition) is 0. The first-order valence-corrected chi connectivity index (χ1v) is 13.0. The number of rotatable bonds is 9. The summed E-state index contributed by atoms with van der Waals surface area (Å²) in [6.07, 6.45) is 1.56. The second kappa shape index (κ2) is 10.5. The first-order valence-electron chi connectivity index (χ1n) is 11.0. The number of nitrogens with zero attached hydrogens (tertiary/aromatic N) is 3. The van der Waals surface area contributed by atoms with Gasteiger partial charge in [0.25, 0.3) is 5.91 Å². The number of benzene rings is 2. The van der Waals surface area contributed by atoms with E-state index in [0.717, 1.165) is 0 Å². The van der Waals surface area contributed by atoms with Crippen molar-refractivity contribution in [3.05, 3.63) is 82.6 Å². The molecule has 0 bridgehead atoms. The molecule has 33 heavy (non-hydrogen) atoms. The quantitative estimate of drug-likeness (QED) is 0.405. The Morgan fingerprint density at radius 1 is 1.03 bits per heavy atom. The van der Waals surface area contributed by atoms with Gasteiger partial charge in [0, 0.05) is 23.2 Å². The minimum Gasteiger partial charge on any atom is -0.333 e. The van der Waals surface area contributed by atoms with E-state index in [9.17, 15) is 13.2 Å². The molecule has 0 aliphatic carbocycles. The van der Waals surface area contributed by atoms with E-state index in [4.69, 9.17) is 11.6 Å². The number of carbonyl (C=O) groups excluding carboxylic acids is 1. The SMILES string of the molecule is CC(C)CN(Cc1cnc(S(=O)(=O)Cc2ccccc2Cl)n1C(C)C)C(=O)c1ccccc1. The molecular weight excluding hydrogens is 458 g/mol. The molecule has 0 fully saturated rings. The average molecular weight is 488 g/mol. The maximum Gasteiger partial charge on any atom is 0.254 e. The minimum atomic E-state index is -3.76. The summed E-state index contributed by atoms with van der Waals surface area (Å²) in [5.41, 5.74) is 1.80. The summed E-state index contributed by atoms with van der Waals surface area (Å²) < 4.78 is 28.3. The molecule has 8 heteroatoms. The van der Waals surface area contributed by atoms with Gasteiger partial charge in [-0.15, -0.1) is 0 Å². The molecule has 0 atom stereocenters. The maximum absolute atomic E-state index is 13.3. The molecule has 3 aromatic rings. The summed E-state index contributed by atoms with van der Waals surface area (Å²) in [6, 6.07) is 15.8. The number of sulfone groups is 1. The Bertz CT molecular complexity index is 1200. The van der Waals surface area contributed by atoms with E-state index >= 15 is 0 Å². The van der Waals surface area contributed by atoms with Crippen LogP contribution in [0.15, 0.2) is 66.0 Å². The van der Waals surface area contributed by atoms with Crippen LogP contribution in [-0.4, -0.2) is 35.3 Å². The highest BCUT2D eigenvalue weighted by Crippen LogP contribution is 2.25. The van der Waals surface area contributed by atoms with Crippen LogP contribution in [0.4, 0.5) is 0 Å². The van der Waals surface area contributed by atoms with Gasteiger partial charge in [-0.05, 0) is 43.5 Å². The average Bonchev–Trinajstić information content (AvgIpc) is 3.19. The molecule has 0 unspecified atom stereocenters. The zero-order chi connectivity index (χ0) is 24.2. The van der Waals surface area contributed by atoms with Crippen LogP contribution in [0, 0.1) is 5.92 Å². The van der Waals surface area contributed by atoms with Crippen LogP contribution >= 0.6 is 11.6 Å². The van der Waals surface area contributed by atoms with Crippen molar-refractivity contribution in [2.24, 2.45) is 5.92 Å². The van der Waals surface area contributed by atoms with E-state index in [1.165, 1.54) is 0 Å². The van der Waals surface area contributed by atoms with Crippen molar-refractivity contribution in [2.75, 3.05) is 6.54 Å². The molecule has 0 N–H and O–H groups in total. The van der Waals surface area contributed by atoms with Crippen molar-refractivity contribution < 1.29 is 13.2 Å². The fourth-order valence-corrected chi connectivity index (χ4v) is 5.69. The molecule has 0 aliphatic heterocycles. The number of amides is 1. The molecule has 2 aromatic carbocycles. The van der Waals surface area contributed by atoms with Crippen molar-refractivity contribution >= 4 is 27.3 Å². The minimum absolute atomic E-state index is 0.0101. The fourth-order valence-electron chi connectivity index (χ4n) is 3.78. The molecule has 6 nitrogen and oxygen atoms in total. The molecular formula is C25H30ClN3O3S. The molecule has 1 aromatic heterocycles. The van der Waals surface area contributed by atoms with Gasteiger partial charge in [0.15, 0.2) is 0 Å². The predicted molar refractivity (Wildman–Crippen MR) is 131 cm³/mol. The van der Waals surface area contributed by atoms with Crippen LogP contribution in [0.3, 0.4) is 0 Å². The summed E-state index contributed by atoms with van der Waals surface area (Å²) in [7, 11) is -3.76. The summed E-state index contributed by atoms with van der Waals surface area (Å²) in [4.78, 5) is 19.3. The Morgan fingerprint density at radius 3 is 2.27 bits per heavy atom. The van der Waals surface area contributed by atoms with E-state index in [1.54, 1.807) is 52.1 Å². The highest BCUT2D eigenvalue weighted by molar-refractivity contribution is 7.90. The summed E-state index contributed by atoms with van der Waals surface area (Å²) in [6.45, 7) is 8.71. The van der Waals surface area contributed by atoms with Crippen molar-refractivity contribution in [2.45, 2.75) is 51.2 Å². The number of hydrogen-bond acceptors (Lipinski definition) is 4. The van der Waals surface area contributed by atoms with Gasteiger partial charge in [0.05, 0.1) is 24.2 Å². The van der Waals surface area contributed by atoms with Gasteiger partial charge in [-0.1, -0.05) is 61.8 Å². The van der Waals surface area contributed by atoms with Crippen LogP contribution in [0.25, 0.3) is 0 Å². The summed E-state index contributed by atoms with van der Waals surface area (Å²) in [5, 5.41) is 0.393. The van der Waals surface area contributed by atoms with Gasteiger partial charge in [-0.25, -0.2) is 13.4 Å². The monoisotopic (exact) mass is 487 g/mol. The molecule has 1 heterocycles. The maximum atomic E-state index is 13.3. The van der Waals surface area contributed by atoms with Gasteiger partial charge < -0.3 is 9.47 Å². The van der Waals surface area contributed by atoms with E-state index in [0.29, 0.717) is 28.4 Å². The first-order chi connectivity index (χ1) is 15.6. The molecule has 0 saturated carbocycles. The lowest BCUT2D eigenvalue weighted by Gasteiger charge is -2.26. The highest BCUT2D eigenvalue weighted by atomic mass is 35.5. The van der Waals surface area contributed by atoms with Crippen molar-refractivity contribution in [3.8, 4) is 0 Å². The summed E-state index contributed by atoms with van der Waals surface area (Å²) >= 11 is 6.20. The number of aromatic nitrogens is 2. The van der Waals surface area contributed by atoms with Crippen molar-refractivity contribution in [1.82, 2.24) is 14.5 Å². The highest BCUT2D eigenvalue weighted by Gasteiger charge is 2.28. The lowest BCUT2D eigenvalue weighted by Crippen LogP contribution is -2.34. The van der Waals surface area contributed by atoms with Crippen LogP contribution < -0.4 is 0 Å². The molecule has 0 saturated heterocycles. The predicted octanol–water partition coefficient (Wildman–Crippen LogP) is 5.39. The Kier molecular flexibility index (Phi) is 7.97. The molecule has 1 amide bonds. The smallest absolute Gasteiger partial charge is 0.254 e. The van der Waals surface area contributed by atoms with Crippen LogP contribution in [0.2, 0.25) is 5.02 Å². The van der Waals surface area contributed by atoms with Crippen molar-refractivity contribution in [1.29, 1.82) is 0 Å². The second-order valence-electron chi connectivity index (χ2n) is 8.79. The van der Waals surface area contributed by atoms with Crippen molar-refractivity contribution in [3.63, 3.8) is 0 Å².